The van der Waals surface area contributed by atoms with Crippen molar-refractivity contribution in [2.45, 2.75) is 45.8 Å². The topological polar surface area (TPSA) is 33.1 Å². The van der Waals surface area contributed by atoms with Crippen LogP contribution in [0.3, 0.4) is 0 Å². The van der Waals surface area contributed by atoms with Crippen molar-refractivity contribution >= 4 is 0 Å². The zero-order valence-electron chi connectivity index (χ0n) is 11.8. The van der Waals surface area contributed by atoms with Crippen LogP contribution in [0.15, 0.2) is 12.3 Å². The molecule has 0 aliphatic carbocycles. The summed E-state index contributed by atoms with van der Waals surface area (Å²) in [5.74, 6) is 0. The average molecular weight is 238 g/mol. The molecule has 1 aromatic heterocycles. The van der Waals surface area contributed by atoms with Gasteiger partial charge in [0.2, 0.25) is 0 Å². The second kappa shape index (κ2) is 6.17. The number of hydrogen-bond donors (Lipinski definition) is 1. The molecule has 1 aromatic rings. The van der Waals surface area contributed by atoms with E-state index < -0.39 is 0 Å². The third-order valence-electron chi connectivity index (χ3n) is 3.31. The van der Waals surface area contributed by atoms with Crippen molar-refractivity contribution in [3.8, 4) is 0 Å². The van der Waals surface area contributed by atoms with E-state index >= 15 is 0 Å². The summed E-state index contributed by atoms with van der Waals surface area (Å²) < 4.78 is 2.08. The van der Waals surface area contributed by atoms with Gasteiger partial charge in [-0.3, -0.25) is 4.68 Å². The lowest BCUT2D eigenvalue weighted by Crippen LogP contribution is -2.46. The van der Waals surface area contributed by atoms with E-state index in [2.05, 4.69) is 60.9 Å². The zero-order valence-corrected chi connectivity index (χ0v) is 11.8. The molecule has 0 fully saturated rings. The molecule has 1 N–H and O–H groups in total. The molecule has 0 aliphatic heterocycles. The largest absolute Gasteiger partial charge is 0.309 e. The van der Waals surface area contributed by atoms with E-state index in [-0.39, 0.29) is 5.54 Å². The van der Waals surface area contributed by atoms with Gasteiger partial charge in [0.05, 0.1) is 5.69 Å². The third kappa shape index (κ3) is 4.13. The Hall–Kier alpha value is -0.870. The maximum atomic E-state index is 4.32. The molecule has 0 unspecified atom stereocenters. The van der Waals surface area contributed by atoms with Crippen LogP contribution in [0, 0.1) is 0 Å². The fraction of sp³-hybridized carbons (Fsp3) is 0.769. The van der Waals surface area contributed by atoms with Gasteiger partial charge in [-0.15, -0.1) is 0 Å². The molecule has 17 heavy (non-hydrogen) atoms. The molecule has 0 atom stereocenters. The normalized spacial score (nSPS) is 12.4. The summed E-state index contributed by atoms with van der Waals surface area (Å²) in [5.41, 5.74) is 1.44. The molecule has 0 spiro atoms. The van der Waals surface area contributed by atoms with Crippen molar-refractivity contribution in [3.63, 3.8) is 0 Å². The molecule has 0 radical (unpaired) electrons. The van der Waals surface area contributed by atoms with E-state index in [1.165, 1.54) is 5.69 Å². The number of aryl methyl sites for hydroxylation is 1. The predicted molar refractivity (Wildman–Crippen MR) is 72.0 cm³/mol. The summed E-state index contributed by atoms with van der Waals surface area (Å²) >= 11 is 0. The minimum atomic E-state index is 0.176. The van der Waals surface area contributed by atoms with Gasteiger partial charge in [0, 0.05) is 31.4 Å². The Morgan fingerprint density at radius 2 is 2.12 bits per heavy atom. The van der Waals surface area contributed by atoms with Crippen LogP contribution in [0.1, 0.15) is 32.9 Å². The van der Waals surface area contributed by atoms with Crippen molar-refractivity contribution in [2.24, 2.45) is 0 Å². The van der Waals surface area contributed by atoms with E-state index in [4.69, 9.17) is 0 Å². The summed E-state index contributed by atoms with van der Waals surface area (Å²) in [7, 11) is 4.23. The van der Waals surface area contributed by atoms with Crippen molar-refractivity contribution in [3.05, 3.63) is 18.0 Å². The fourth-order valence-corrected chi connectivity index (χ4v) is 1.58. The van der Waals surface area contributed by atoms with Crippen LogP contribution in [0.4, 0.5) is 0 Å². The van der Waals surface area contributed by atoms with E-state index in [1.54, 1.807) is 0 Å². The molecule has 0 amide bonds. The van der Waals surface area contributed by atoms with E-state index in [0.29, 0.717) is 0 Å². The molecule has 1 heterocycles. The second-order valence-corrected chi connectivity index (χ2v) is 5.36. The van der Waals surface area contributed by atoms with Gasteiger partial charge >= 0.3 is 0 Å². The number of nitrogens with zero attached hydrogens (tertiary/aromatic N) is 3. The molecule has 0 aromatic carbocycles. The Morgan fingerprint density at radius 1 is 1.41 bits per heavy atom. The lowest BCUT2D eigenvalue weighted by atomic mass is 10.0. The standard InChI is InChI=1S/C13H26N4/c1-6-9-17-12(7-8-15-17)10-14-11-13(2,3)16(4)5/h7-8,14H,6,9-11H2,1-5H3. The Balaban J connectivity index is 2.43. The van der Waals surface area contributed by atoms with Crippen molar-refractivity contribution in [1.82, 2.24) is 20.0 Å². The van der Waals surface area contributed by atoms with Gasteiger partial charge in [0.25, 0.3) is 0 Å². The Morgan fingerprint density at radius 3 is 2.71 bits per heavy atom. The summed E-state index contributed by atoms with van der Waals surface area (Å²) in [4.78, 5) is 2.24. The van der Waals surface area contributed by atoms with Gasteiger partial charge in [-0.1, -0.05) is 6.92 Å². The lowest BCUT2D eigenvalue weighted by Gasteiger charge is -2.32. The number of rotatable bonds is 7. The molecule has 4 heteroatoms. The highest BCUT2D eigenvalue weighted by Crippen LogP contribution is 2.08. The van der Waals surface area contributed by atoms with E-state index in [9.17, 15) is 0 Å². The maximum absolute atomic E-state index is 4.32. The van der Waals surface area contributed by atoms with Crippen molar-refractivity contribution in [2.75, 3.05) is 20.6 Å². The first kappa shape index (κ1) is 14.2. The predicted octanol–water partition coefficient (Wildman–Crippen LogP) is 1.72. The van der Waals surface area contributed by atoms with Crippen LogP contribution in [0.5, 0.6) is 0 Å². The second-order valence-electron chi connectivity index (χ2n) is 5.36. The van der Waals surface area contributed by atoms with E-state index in [0.717, 1.165) is 26.1 Å². The van der Waals surface area contributed by atoms with Crippen LogP contribution in [0.2, 0.25) is 0 Å². The number of aromatic nitrogens is 2. The lowest BCUT2D eigenvalue weighted by molar-refractivity contribution is 0.189. The highest BCUT2D eigenvalue weighted by molar-refractivity contribution is 5.00. The summed E-state index contributed by atoms with van der Waals surface area (Å²) in [6, 6.07) is 2.09. The summed E-state index contributed by atoms with van der Waals surface area (Å²) in [6.07, 6.45) is 3.00. The van der Waals surface area contributed by atoms with Gasteiger partial charge in [-0.05, 0) is 40.4 Å². The van der Waals surface area contributed by atoms with Crippen LogP contribution < -0.4 is 5.32 Å². The quantitative estimate of drug-likeness (QED) is 0.785. The average Bonchev–Trinajstić information content (AvgIpc) is 2.66. The Labute approximate surface area is 105 Å². The minimum absolute atomic E-state index is 0.176. The van der Waals surface area contributed by atoms with Gasteiger partial charge in [-0.2, -0.15) is 5.10 Å². The van der Waals surface area contributed by atoms with Gasteiger partial charge in [-0.25, -0.2) is 0 Å². The first-order chi connectivity index (χ1) is 7.97. The summed E-state index contributed by atoms with van der Waals surface area (Å²) in [6.45, 7) is 9.51. The molecular weight excluding hydrogens is 212 g/mol. The third-order valence-corrected chi connectivity index (χ3v) is 3.31. The smallest absolute Gasteiger partial charge is 0.0522 e. The zero-order chi connectivity index (χ0) is 12.9. The molecule has 0 saturated heterocycles. The molecule has 0 saturated carbocycles. The fourth-order valence-electron chi connectivity index (χ4n) is 1.58. The molecule has 0 bridgehead atoms. The maximum Gasteiger partial charge on any atom is 0.0522 e. The van der Waals surface area contributed by atoms with Gasteiger partial charge < -0.3 is 10.2 Å². The number of likely N-dealkylation sites (N-methyl/N-ethyl adjacent to an activating group) is 1. The number of hydrogen-bond acceptors (Lipinski definition) is 3. The molecule has 98 valence electrons. The SMILES string of the molecule is CCCn1nccc1CNCC(C)(C)N(C)C. The van der Waals surface area contributed by atoms with E-state index in [1.807, 2.05) is 6.20 Å². The van der Waals surface area contributed by atoms with Crippen LogP contribution >= 0.6 is 0 Å². The highest BCUT2D eigenvalue weighted by atomic mass is 15.3. The first-order valence-electron chi connectivity index (χ1n) is 6.36. The first-order valence-corrected chi connectivity index (χ1v) is 6.36. The molecular formula is C13H26N4. The molecule has 1 rings (SSSR count). The van der Waals surface area contributed by atoms with Gasteiger partial charge in [0.1, 0.15) is 0 Å². The molecule has 4 nitrogen and oxygen atoms in total. The highest BCUT2D eigenvalue weighted by Gasteiger charge is 2.19. The van der Waals surface area contributed by atoms with Crippen LogP contribution in [-0.2, 0) is 13.1 Å². The minimum Gasteiger partial charge on any atom is -0.309 e. The molecule has 0 aliphatic rings. The van der Waals surface area contributed by atoms with Crippen LogP contribution in [0.25, 0.3) is 0 Å². The monoisotopic (exact) mass is 238 g/mol. The van der Waals surface area contributed by atoms with Crippen molar-refractivity contribution < 1.29 is 0 Å². The van der Waals surface area contributed by atoms with Crippen molar-refractivity contribution in [1.29, 1.82) is 0 Å². The Kier molecular flexibility index (Phi) is 5.15. The van der Waals surface area contributed by atoms with Crippen LogP contribution in [-0.4, -0.2) is 40.9 Å². The van der Waals surface area contributed by atoms with Gasteiger partial charge in [0.15, 0.2) is 0 Å². The number of nitrogens with one attached hydrogen (secondary N) is 1. The Bertz CT molecular complexity index is 328. The summed E-state index contributed by atoms with van der Waals surface area (Å²) in [5, 5.41) is 7.83.